The monoisotopic (exact) mass is 354 g/mol. The third-order valence-corrected chi connectivity index (χ3v) is 3.80. The molecule has 0 saturated heterocycles. The molecule has 0 radical (unpaired) electrons. The van der Waals surface area contributed by atoms with E-state index in [1.54, 1.807) is 25.1 Å². The van der Waals surface area contributed by atoms with Crippen LogP contribution >= 0.6 is 11.6 Å². The van der Waals surface area contributed by atoms with Crippen LogP contribution in [0.25, 0.3) is 0 Å². The summed E-state index contributed by atoms with van der Waals surface area (Å²) in [6.45, 7) is 1.91. The van der Waals surface area contributed by atoms with Gasteiger partial charge in [-0.2, -0.15) is 0 Å². The molecule has 8 heteroatoms. The molecule has 0 aliphatic carbocycles. The zero-order valence-corrected chi connectivity index (χ0v) is 14.4. The molecule has 1 aromatic rings. The van der Waals surface area contributed by atoms with Gasteiger partial charge >= 0.3 is 12.0 Å². The van der Waals surface area contributed by atoms with Crippen molar-refractivity contribution in [3.8, 4) is 11.5 Å². The van der Waals surface area contributed by atoms with E-state index >= 15 is 0 Å². The second-order valence-corrected chi connectivity index (χ2v) is 5.15. The van der Waals surface area contributed by atoms with Gasteiger partial charge in [-0.25, -0.2) is 9.59 Å². The zero-order valence-electron chi connectivity index (χ0n) is 13.6. The molecule has 0 unspecified atom stereocenters. The Hall–Kier alpha value is -2.41. The zero-order chi connectivity index (χ0) is 17.7. The normalized spacial score (nSPS) is 17.0. The Bertz CT molecular complexity index is 674. The van der Waals surface area contributed by atoms with E-state index in [1.165, 1.54) is 14.2 Å². The third-order valence-electron chi connectivity index (χ3n) is 3.53. The summed E-state index contributed by atoms with van der Waals surface area (Å²) in [6.07, 6.45) is 0. The Morgan fingerprint density at radius 3 is 2.62 bits per heavy atom. The third kappa shape index (κ3) is 3.56. The van der Waals surface area contributed by atoms with Gasteiger partial charge < -0.3 is 24.8 Å². The topological polar surface area (TPSA) is 85.9 Å². The van der Waals surface area contributed by atoms with Crippen LogP contribution in [-0.2, 0) is 9.53 Å². The van der Waals surface area contributed by atoms with Crippen LogP contribution in [0.2, 0.25) is 0 Å². The van der Waals surface area contributed by atoms with Crippen molar-refractivity contribution in [2.45, 2.75) is 13.0 Å². The first kappa shape index (κ1) is 17.9. The van der Waals surface area contributed by atoms with E-state index in [2.05, 4.69) is 10.6 Å². The van der Waals surface area contributed by atoms with Crippen LogP contribution in [0, 0.1) is 0 Å². The molecule has 2 N–H and O–H groups in total. The number of nitrogens with one attached hydrogen (secondary N) is 2. The summed E-state index contributed by atoms with van der Waals surface area (Å²) in [6, 6.07) is 3.89. The summed E-state index contributed by atoms with van der Waals surface area (Å²) in [5.41, 5.74) is 1.10. The Morgan fingerprint density at radius 1 is 1.29 bits per heavy atom. The number of methoxy groups -OCH3 is 2. The molecule has 1 aliphatic heterocycles. The molecule has 1 aromatic carbocycles. The second-order valence-electron chi connectivity index (χ2n) is 4.89. The van der Waals surface area contributed by atoms with Crippen LogP contribution in [0.3, 0.4) is 0 Å². The summed E-state index contributed by atoms with van der Waals surface area (Å²) in [4.78, 5) is 24.4. The van der Waals surface area contributed by atoms with Gasteiger partial charge in [0.1, 0.15) is 11.5 Å². The van der Waals surface area contributed by atoms with E-state index < -0.39 is 18.0 Å². The standard InChI is InChI=1S/C16H19ClN2O5/c1-4-24-15(20)13-11(8-17)18-16(21)19-14(13)10-7-9(22-2)5-6-12(10)23-3/h5-7,14H,4,8H2,1-3H3,(H2,18,19,21)/t14-/m1/s1. The lowest BCUT2D eigenvalue weighted by Gasteiger charge is -2.29. The van der Waals surface area contributed by atoms with Crippen molar-refractivity contribution in [3.63, 3.8) is 0 Å². The highest BCUT2D eigenvalue weighted by atomic mass is 35.5. The van der Waals surface area contributed by atoms with Crippen molar-refractivity contribution in [1.29, 1.82) is 0 Å². The maximum absolute atomic E-state index is 12.4. The average Bonchev–Trinajstić information content (AvgIpc) is 2.60. The average molecular weight is 355 g/mol. The summed E-state index contributed by atoms with van der Waals surface area (Å²) in [7, 11) is 3.03. The number of halogens is 1. The van der Waals surface area contributed by atoms with E-state index in [9.17, 15) is 9.59 Å². The highest BCUT2D eigenvalue weighted by molar-refractivity contribution is 6.20. The summed E-state index contributed by atoms with van der Waals surface area (Å²) >= 11 is 5.91. The summed E-state index contributed by atoms with van der Waals surface area (Å²) < 4.78 is 15.7. The van der Waals surface area contributed by atoms with E-state index in [4.69, 9.17) is 25.8 Å². The van der Waals surface area contributed by atoms with Crippen molar-refractivity contribution in [1.82, 2.24) is 10.6 Å². The number of allylic oxidation sites excluding steroid dienone is 1. The Balaban J connectivity index is 2.60. The van der Waals surface area contributed by atoms with E-state index in [-0.39, 0.29) is 18.1 Å². The van der Waals surface area contributed by atoms with Crippen molar-refractivity contribution in [2.24, 2.45) is 0 Å². The SMILES string of the molecule is CCOC(=O)C1=C(CCl)NC(=O)N[C@@H]1c1cc(OC)ccc1OC. The number of esters is 1. The molecule has 0 saturated carbocycles. The molecular formula is C16H19ClN2O5. The fourth-order valence-corrected chi connectivity index (χ4v) is 2.68. The highest BCUT2D eigenvalue weighted by Gasteiger charge is 2.35. The predicted molar refractivity (Wildman–Crippen MR) is 88.3 cm³/mol. The van der Waals surface area contributed by atoms with Crippen LogP contribution in [0.5, 0.6) is 11.5 Å². The van der Waals surface area contributed by atoms with E-state index in [0.717, 1.165) is 0 Å². The van der Waals surface area contributed by atoms with Crippen molar-refractivity contribution < 1.29 is 23.8 Å². The van der Waals surface area contributed by atoms with Crippen molar-refractivity contribution >= 4 is 23.6 Å². The number of carbonyl (C=O) groups excluding carboxylic acids is 2. The molecule has 2 amide bonds. The first-order valence-electron chi connectivity index (χ1n) is 7.31. The van der Waals surface area contributed by atoms with Gasteiger partial charge in [0.15, 0.2) is 0 Å². The fraction of sp³-hybridized carbons (Fsp3) is 0.375. The Kier molecular flexibility index (Phi) is 5.92. The quantitative estimate of drug-likeness (QED) is 0.603. The molecule has 0 fully saturated rings. The van der Waals surface area contributed by atoms with E-state index in [1.807, 2.05) is 0 Å². The summed E-state index contributed by atoms with van der Waals surface area (Å²) in [5, 5.41) is 5.26. The van der Waals surface area contributed by atoms with Crippen LogP contribution in [-0.4, -0.2) is 38.7 Å². The minimum Gasteiger partial charge on any atom is -0.497 e. The minimum atomic E-state index is -0.767. The van der Waals surface area contributed by atoms with Gasteiger partial charge in [-0.1, -0.05) is 0 Å². The van der Waals surface area contributed by atoms with Gasteiger partial charge in [-0.3, -0.25) is 0 Å². The maximum Gasteiger partial charge on any atom is 0.338 e. The fourth-order valence-electron chi connectivity index (χ4n) is 2.47. The molecule has 7 nitrogen and oxygen atoms in total. The molecule has 0 spiro atoms. The van der Waals surface area contributed by atoms with Gasteiger partial charge in [0, 0.05) is 11.3 Å². The molecule has 24 heavy (non-hydrogen) atoms. The highest BCUT2D eigenvalue weighted by Crippen LogP contribution is 2.36. The number of hydrogen-bond donors (Lipinski definition) is 2. The lowest BCUT2D eigenvalue weighted by Crippen LogP contribution is -2.46. The number of carbonyl (C=O) groups is 2. The maximum atomic E-state index is 12.4. The lowest BCUT2D eigenvalue weighted by atomic mass is 9.94. The van der Waals surface area contributed by atoms with Crippen LogP contribution < -0.4 is 20.1 Å². The van der Waals surface area contributed by atoms with Gasteiger partial charge in [0.25, 0.3) is 0 Å². The number of hydrogen-bond acceptors (Lipinski definition) is 5. The number of benzene rings is 1. The largest absolute Gasteiger partial charge is 0.497 e. The number of amides is 2. The number of ether oxygens (including phenoxy) is 3. The predicted octanol–water partition coefficient (Wildman–Crippen LogP) is 2.11. The lowest BCUT2D eigenvalue weighted by molar-refractivity contribution is -0.139. The molecule has 1 atom stereocenters. The molecule has 1 heterocycles. The van der Waals surface area contributed by atoms with Gasteiger partial charge in [0.05, 0.1) is 38.3 Å². The first-order chi connectivity index (χ1) is 11.5. The van der Waals surface area contributed by atoms with Crippen molar-refractivity contribution in [3.05, 3.63) is 35.0 Å². The summed E-state index contributed by atoms with van der Waals surface area (Å²) in [5.74, 6) is 0.466. The smallest absolute Gasteiger partial charge is 0.338 e. The molecular weight excluding hydrogens is 336 g/mol. The number of rotatable bonds is 6. The van der Waals surface area contributed by atoms with Gasteiger partial charge in [-0.15, -0.1) is 11.6 Å². The molecule has 0 aromatic heterocycles. The van der Waals surface area contributed by atoms with Crippen molar-refractivity contribution in [2.75, 3.05) is 26.7 Å². The number of urea groups is 1. The minimum absolute atomic E-state index is 0.0373. The van der Waals surface area contributed by atoms with Gasteiger partial charge in [-0.05, 0) is 25.1 Å². The Labute approximate surface area is 144 Å². The van der Waals surface area contributed by atoms with Crippen LogP contribution in [0.4, 0.5) is 4.79 Å². The second kappa shape index (κ2) is 7.92. The molecule has 2 rings (SSSR count). The van der Waals surface area contributed by atoms with Crippen LogP contribution in [0.15, 0.2) is 29.5 Å². The van der Waals surface area contributed by atoms with Gasteiger partial charge in [0.2, 0.25) is 0 Å². The first-order valence-corrected chi connectivity index (χ1v) is 7.84. The molecule has 1 aliphatic rings. The van der Waals surface area contributed by atoms with E-state index in [0.29, 0.717) is 22.8 Å². The molecule has 130 valence electrons. The number of alkyl halides is 1. The van der Waals surface area contributed by atoms with Crippen LogP contribution in [0.1, 0.15) is 18.5 Å². The molecule has 0 bridgehead atoms. The Morgan fingerprint density at radius 2 is 2.04 bits per heavy atom.